The maximum absolute atomic E-state index is 12.5. The fourth-order valence-electron chi connectivity index (χ4n) is 2.56. The highest BCUT2D eigenvalue weighted by atomic mass is 16.1. The quantitative estimate of drug-likeness (QED) is 0.759. The van der Waals surface area contributed by atoms with Crippen molar-refractivity contribution in [2.75, 3.05) is 6.54 Å². The van der Waals surface area contributed by atoms with Gasteiger partial charge < -0.3 is 11.1 Å². The highest BCUT2D eigenvalue weighted by Crippen LogP contribution is 2.19. The van der Waals surface area contributed by atoms with Crippen LogP contribution in [0.15, 0.2) is 79.1 Å². The number of nitrogens with zero attached hydrogens (tertiary/aromatic N) is 1. The molecule has 0 radical (unpaired) electrons. The maximum Gasteiger partial charge on any atom is 0.251 e. The summed E-state index contributed by atoms with van der Waals surface area (Å²) in [6.07, 6.45) is 3.50. The van der Waals surface area contributed by atoms with Gasteiger partial charge in [0.25, 0.3) is 5.91 Å². The van der Waals surface area contributed by atoms with E-state index < -0.39 is 0 Å². The Labute approximate surface area is 141 Å². The van der Waals surface area contributed by atoms with E-state index in [1.54, 1.807) is 12.4 Å². The number of nitrogens with two attached hydrogens (primary N) is 1. The summed E-state index contributed by atoms with van der Waals surface area (Å²) in [5.74, 6) is -0.129. The molecule has 0 fully saturated rings. The molecule has 1 aromatic heterocycles. The number of carbonyl (C=O) groups is 1. The van der Waals surface area contributed by atoms with Crippen LogP contribution in [0.25, 0.3) is 11.1 Å². The van der Waals surface area contributed by atoms with Crippen LogP contribution in [0, 0.1) is 0 Å². The van der Waals surface area contributed by atoms with Crippen molar-refractivity contribution in [3.8, 4) is 11.1 Å². The van der Waals surface area contributed by atoms with Gasteiger partial charge in [-0.05, 0) is 41.0 Å². The summed E-state index contributed by atoms with van der Waals surface area (Å²) in [6.45, 7) is 0.352. The predicted octanol–water partition coefficient (Wildman–Crippen LogP) is 3.18. The van der Waals surface area contributed by atoms with E-state index in [1.165, 1.54) is 0 Å². The molecule has 0 saturated carbocycles. The third-order valence-corrected chi connectivity index (χ3v) is 3.90. The van der Waals surface area contributed by atoms with Crippen LogP contribution in [0.3, 0.4) is 0 Å². The molecular weight excluding hydrogens is 298 g/mol. The van der Waals surface area contributed by atoms with Crippen LogP contribution in [-0.2, 0) is 0 Å². The number of amides is 1. The summed E-state index contributed by atoms with van der Waals surface area (Å²) in [4.78, 5) is 16.5. The standard InChI is InChI=1S/C20H19N3O/c21-14-19(17-4-2-1-3-5-17)23-20(24)18-8-6-15(7-9-18)16-10-12-22-13-11-16/h1-13,19H,14,21H2,(H,23,24)/t19-/m0/s1. The minimum atomic E-state index is -0.196. The second kappa shape index (κ2) is 7.53. The van der Waals surface area contributed by atoms with E-state index in [-0.39, 0.29) is 11.9 Å². The zero-order chi connectivity index (χ0) is 16.8. The average Bonchev–Trinajstić information content (AvgIpc) is 2.67. The van der Waals surface area contributed by atoms with Gasteiger partial charge in [-0.25, -0.2) is 0 Å². The first-order chi connectivity index (χ1) is 11.8. The largest absolute Gasteiger partial charge is 0.344 e. The number of hydrogen-bond donors (Lipinski definition) is 2. The first-order valence-corrected chi connectivity index (χ1v) is 7.84. The van der Waals surface area contributed by atoms with Crippen molar-refractivity contribution >= 4 is 5.91 Å². The number of aromatic nitrogens is 1. The van der Waals surface area contributed by atoms with Crippen LogP contribution in [0.5, 0.6) is 0 Å². The number of hydrogen-bond acceptors (Lipinski definition) is 3. The van der Waals surface area contributed by atoms with Crippen LogP contribution < -0.4 is 11.1 Å². The molecule has 0 aliphatic heterocycles. The van der Waals surface area contributed by atoms with E-state index in [0.29, 0.717) is 12.1 Å². The third kappa shape index (κ3) is 3.67. The van der Waals surface area contributed by atoms with E-state index in [9.17, 15) is 4.79 Å². The van der Waals surface area contributed by atoms with Gasteiger partial charge in [0, 0.05) is 24.5 Å². The molecule has 24 heavy (non-hydrogen) atoms. The molecule has 0 aliphatic carbocycles. The zero-order valence-electron chi connectivity index (χ0n) is 13.2. The SMILES string of the molecule is NC[C@H](NC(=O)c1ccc(-c2ccncc2)cc1)c1ccccc1. The second-order valence-corrected chi connectivity index (χ2v) is 5.49. The lowest BCUT2D eigenvalue weighted by atomic mass is 10.0. The van der Waals surface area contributed by atoms with Crippen LogP contribution >= 0.6 is 0 Å². The van der Waals surface area contributed by atoms with Gasteiger partial charge >= 0.3 is 0 Å². The van der Waals surface area contributed by atoms with Crippen molar-refractivity contribution in [3.63, 3.8) is 0 Å². The molecule has 0 unspecified atom stereocenters. The average molecular weight is 317 g/mol. The fourth-order valence-corrected chi connectivity index (χ4v) is 2.56. The normalized spacial score (nSPS) is 11.7. The van der Waals surface area contributed by atoms with Gasteiger partial charge in [0.2, 0.25) is 0 Å². The number of rotatable bonds is 5. The summed E-state index contributed by atoms with van der Waals surface area (Å²) in [7, 11) is 0. The molecule has 0 aliphatic rings. The summed E-state index contributed by atoms with van der Waals surface area (Å²) in [6, 6.07) is 20.9. The Morgan fingerprint density at radius 2 is 1.54 bits per heavy atom. The molecule has 120 valence electrons. The Morgan fingerprint density at radius 3 is 2.17 bits per heavy atom. The van der Waals surface area contributed by atoms with E-state index in [1.807, 2.05) is 66.7 Å². The molecule has 0 spiro atoms. The minimum absolute atomic E-state index is 0.129. The minimum Gasteiger partial charge on any atom is -0.344 e. The van der Waals surface area contributed by atoms with E-state index in [0.717, 1.165) is 16.7 Å². The van der Waals surface area contributed by atoms with Crippen LogP contribution in [-0.4, -0.2) is 17.4 Å². The van der Waals surface area contributed by atoms with Crippen molar-refractivity contribution in [1.82, 2.24) is 10.3 Å². The molecule has 2 aromatic carbocycles. The van der Waals surface area contributed by atoms with Crippen LogP contribution in [0.1, 0.15) is 22.0 Å². The Morgan fingerprint density at radius 1 is 0.917 bits per heavy atom. The van der Waals surface area contributed by atoms with Gasteiger partial charge in [0.1, 0.15) is 0 Å². The Kier molecular flexibility index (Phi) is 4.99. The molecular formula is C20H19N3O. The van der Waals surface area contributed by atoms with Gasteiger partial charge in [-0.3, -0.25) is 9.78 Å². The predicted molar refractivity (Wildman–Crippen MR) is 95.4 cm³/mol. The van der Waals surface area contributed by atoms with Gasteiger partial charge in [-0.2, -0.15) is 0 Å². The second-order valence-electron chi connectivity index (χ2n) is 5.49. The van der Waals surface area contributed by atoms with Gasteiger partial charge in [0.05, 0.1) is 6.04 Å². The molecule has 3 rings (SSSR count). The lowest BCUT2D eigenvalue weighted by Crippen LogP contribution is -2.33. The fraction of sp³-hybridized carbons (Fsp3) is 0.100. The van der Waals surface area contributed by atoms with Gasteiger partial charge in [0.15, 0.2) is 0 Å². The first kappa shape index (κ1) is 15.9. The van der Waals surface area contributed by atoms with E-state index in [2.05, 4.69) is 10.3 Å². The Hall–Kier alpha value is -2.98. The smallest absolute Gasteiger partial charge is 0.251 e. The Bertz CT molecular complexity index is 786. The molecule has 3 N–H and O–H groups in total. The molecule has 0 bridgehead atoms. The zero-order valence-corrected chi connectivity index (χ0v) is 13.2. The number of carbonyl (C=O) groups excluding carboxylic acids is 1. The molecule has 1 amide bonds. The van der Waals surface area contributed by atoms with Gasteiger partial charge in [-0.1, -0.05) is 42.5 Å². The Balaban J connectivity index is 1.73. The number of nitrogens with one attached hydrogen (secondary N) is 1. The monoisotopic (exact) mass is 317 g/mol. The van der Waals surface area contributed by atoms with Crippen molar-refractivity contribution in [2.45, 2.75) is 6.04 Å². The summed E-state index contributed by atoms with van der Waals surface area (Å²) in [5.41, 5.74) is 9.54. The van der Waals surface area contributed by atoms with E-state index >= 15 is 0 Å². The van der Waals surface area contributed by atoms with Crippen molar-refractivity contribution in [1.29, 1.82) is 0 Å². The number of benzene rings is 2. The molecule has 1 heterocycles. The lowest BCUT2D eigenvalue weighted by molar-refractivity contribution is 0.0938. The van der Waals surface area contributed by atoms with Crippen LogP contribution in [0.4, 0.5) is 0 Å². The van der Waals surface area contributed by atoms with Crippen LogP contribution in [0.2, 0.25) is 0 Å². The van der Waals surface area contributed by atoms with Gasteiger partial charge in [-0.15, -0.1) is 0 Å². The van der Waals surface area contributed by atoms with Crippen molar-refractivity contribution in [2.24, 2.45) is 5.73 Å². The molecule has 4 heteroatoms. The lowest BCUT2D eigenvalue weighted by Gasteiger charge is -2.17. The van der Waals surface area contributed by atoms with Crippen molar-refractivity contribution in [3.05, 3.63) is 90.3 Å². The van der Waals surface area contributed by atoms with Crippen molar-refractivity contribution < 1.29 is 4.79 Å². The van der Waals surface area contributed by atoms with E-state index in [4.69, 9.17) is 5.73 Å². The molecule has 3 aromatic rings. The number of pyridine rings is 1. The highest BCUT2D eigenvalue weighted by molar-refractivity contribution is 5.95. The molecule has 4 nitrogen and oxygen atoms in total. The summed E-state index contributed by atoms with van der Waals surface area (Å²) >= 11 is 0. The summed E-state index contributed by atoms with van der Waals surface area (Å²) < 4.78 is 0. The topological polar surface area (TPSA) is 68.0 Å². The maximum atomic E-state index is 12.5. The molecule has 0 saturated heterocycles. The third-order valence-electron chi connectivity index (χ3n) is 3.90. The summed E-state index contributed by atoms with van der Waals surface area (Å²) in [5, 5.41) is 2.98. The first-order valence-electron chi connectivity index (χ1n) is 7.84. The molecule has 1 atom stereocenters. The highest BCUT2D eigenvalue weighted by Gasteiger charge is 2.14.